The molecule has 134 valence electrons. The van der Waals surface area contributed by atoms with Gasteiger partial charge in [-0.3, -0.25) is 4.79 Å². The predicted molar refractivity (Wildman–Crippen MR) is 95.2 cm³/mol. The number of ether oxygens (including phenoxy) is 3. The standard InChI is InChI=1S/C19H23NO5/c1-23-12-15(21)11-20-19(22)14-6-4-13(5-7-14)17-10-16(24-2)8-9-18(17)25-3/h4-10,15,21H,11-12H2,1-3H3,(H,20,22)/t15-/m0/s1. The molecular formula is C19H23NO5. The molecular weight excluding hydrogens is 322 g/mol. The normalized spacial score (nSPS) is 11.7. The van der Waals surface area contributed by atoms with Crippen molar-refractivity contribution in [3.63, 3.8) is 0 Å². The highest BCUT2D eigenvalue weighted by Gasteiger charge is 2.11. The molecule has 2 N–H and O–H groups in total. The minimum atomic E-state index is -0.728. The fourth-order valence-electron chi connectivity index (χ4n) is 2.40. The Balaban J connectivity index is 2.13. The van der Waals surface area contributed by atoms with E-state index in [1.54, 1.807) is 26.4 Å². The number of amides is 1. The van der Waals surface area contributed by atoms with Crippen LogP contribution in [0, 0.1) is 0 Å². The molecule has 2 aromatic rings. The van der Waals surface area contributed by atoms with E-state index < -0.39 is 6.10 Å². The van der Waals surface area contributed by atoms with E-state index in [0.29, 0.717) is 5.56 Å². The average molecular weight is 345 g/mol. The van der Waals surface area contributed by atoms with Gasteiger partial charge in [-0.1, -0.05) is 12.1 Å². The van der Waals surface area contributed by atoms with Crippen LogP contribution in [0.5, 0.6) is 11.5 Å². The Kier molecular flexibility index (Phi) is 6.80. The van der Waals surface area contributed by atoms with Gasteiger partial charge in [0, 0.05) is 24.8 Å². The van der Waals surface area contributed by atoms with E-state index in [0.717, 1.165) is 22.6 Å². The zero-order valence-electron chi connectivity index (χ0n) is 14.6. The summed E-state index contributed by atoms with van der Waals surface area (Å²) in [6, 6.07) is 12.7. The van der Waals surface area contributed by atoms with Crippen LogP contribution in [0.2, 0.25) is 0 Å². The van der Waals surface area contributed by atoms with Crippen molar-refractivity contribution in [2.24, 2.45) is 0 Å². The molecule has 1 amide bonds. The van der Waals surface area contributed by atoms with Crippen LogP contribution in [0.15, 0.2) is 42.5 Å². The summed E-state index contributed by atoms with van der Waals surface area (Å²) < 4.78 is 15.5. The van der Waals surface area contributed by atoms with Crippen LogP contribution < -0.4 is 14.8 Å². The fraction of sp³-hybridized carbons (Fsp3) is 0.316. The summed E-state index contributed by atoms with van der Waals surface area (Å²) in [6.45, 7) is 0.312. The maximum atomic E-state index is 12.1. The van der Waals surface area contributed by atoms with Gasteiger partial charge in [-0.2, -0.15) is 0 Å². The highest BCUT2D eigenvalue weighted by molar-refractivity contribution is 5.94. The Hall–Kier alpha value is -2.57. The summed E-state index contributed by atoms with van der Waals surface area (Å²) in [4.78, 5) is 12.1. The van der Waals surface area contributed by atoms with E-state index in [9.17, 15) is 9.90 Å². The van der Waals surface area contributed by atoms with E-state index in [4.69, 9.17) is 14.2 Å². The zero-order valence-corrected chi connectivity index (χ0v) is 14.6. The molecule has 2 aromatic carbocycles. The van der Waals surface area contributed by atoms with Crippen molar-refractivity contribution < 1.29 is 24.1 Å². The third-order valence-corrected chi connectivity index (χ3v) is 3.72. The first kappa shape index (κ1) is 18.8. The number of carbonyl (C=O) groups excluding carboxylic acids is 1. The Bertz CT molecular complexity index is 699. The minimum Gasteiger partial charge on any atom is -0.497 e. The number of methoxy groups -OCH3 is 3. The molecule has 0 aliphatic heterocycles. The number of hydrogen-bond donors (Lipinski definition) is 2. The maximum Gasteiger partial charge on any atom is 0.251 e. The van der Waals surface area contributed by atoms with E-state index >= 15 is 0 Å². The minimum absolute atomic E-state index is 0.137. The first-order valence-electron chi connectivity index (χ1n) is 7.86. The van der Waals surface area contributed by atoms with Crippen molar-refractivity contribution in [3.05, 3.63) is 48.0 Å². The highest BCUT2D eigenvalue weighted by Crippen LogP contribution is 2.33. The monoisotopic (exact) mass is 345 g/mol. The van der Waals surface area contributed by atoms with Crippen molar-refractivity contribution in [1.29, 1.82) is 0 Å². The molecule has 6 heteroatoms. The van der Waals surface area contributed by atoms with Gasteiger partial charge in [0.15, 0.2) is 0 Å². The van der Waals surface area contributed by atoms with Gasteiger partial charge in [0.2, 0.25) is 0 Å². The van der Waals surface area contributed by atoms with Gasteiger partial charge in [-0.25, -0.2) is 0 Å². The first-order valence-corrected chi connectivity index (χ1v) is 7.86. The summed E-state index contributed by atoms with van der Waals surface area (Å²) in [5, 5.41) is 12.2. The number of carbonyl (C=O) groups is 1. The smallest absolute Gasteiger partial charge is 0.251 e. The van der Waals surface area contributed by atoms with Gasteiger partial charge in [0.25, 0.3) is 5.91 Å². The molecule has 0 heterocycles. The van der Waals surface area contributed by atoms with E-state index in [2.05, 4.69) is 5.32 Å². The Morgan fingerprint density at radius 1 is 1.08 bits per heavy atom. The van der Waals surface area contributed by atoms with Crippen LogP contribution >= 0.6 is 0 Å². The Morgan fingerprint density at radius 3 is 2.40 bits per heavy atom. The van der Waals surface area contributed by atoms with Crippen molar-refractivity contribution in [3.8, 4) is 22.6 Å². The molecule has 0 aliphatic rings. The second-order valence-corrected chi connectivity index (χ2v) is 5.46. The largest absolute Gasteiger partial charge is 0.497 e. The SMILES string of the molecule is COC[C@@H](O)CNC(=O)c1ccc(-c2cc(OC)ccc2OC)cc1. The van der Waals surface area contributed by atoms with Gasteiger partial charge in [-0.15, -0.1) is 0 Å². The van der Waals surface area contributed by atoms with E-state index in [-0.39, 0.29) is 19.1 Å². The lowest BCUT2D eigenvalue weighted by Gasteiger charge is -2.12. The second kappa shape index (κ2) is 9.05. The number of aliphatic hydroxyl groups excluding tert-OH is 1. The molecule has 0 spiro atoms. The van der Waals surface area contributed by atoms with E-state index in [1.165, 1.54) is 7.11 Å². The average Bonchev–Trinajstić information content (AvgIpc) is 2.66. The molecule has 0 radical (unpaired) electrons. The van der Waals surface area contributed by atoms with Gasteiger partial charge in [-0.05, 0) is 35.9 Å². The molecule has 0 aromatic heterocycles. The lowest BCUT2D eigenvalue weighted by atomic mass is 10.0. The number of hydrogen-bond acceptors (Lipinski definition) is 5. The molecule has 0 saturated heterocycles. The molecule has 6 nitrogen and oxygen atoms in total. The van der Waals surface area contributed by atoms with Crippen LogP contribution in [0.4, 0.5) is 0 Å². The lowest BCUT2D eigenvalue weighted by Crippen LogP contribution is -2.34. The van der Waals surface area contributed by atoms with Gasteiger partial charge in [0.05, 0.1) is 26.9 Å². The number of rotatable bonds is 8. The lowest BCUT2D eigenvalue weighted by molar-refractivity contribution is 0.0610. The Labute approximate surface area is 147 Å². The molecule has 0 aliphatic carbocycles. The van der Waals surface area contributed by atoms with Crippen molar-refractivity contribution in [1.82, 2.24) is 5.32 Å². The third-order valence-electron chi connectivity index (χ3n) is 3.72. The summed E-state index contributed by atoms with van der Waals surface area (Å²) in [6.07, 6.45) is -0.728. The first-order chi connectivity index (χ1) is 12.1. The summed E-state index contributed by atoms with van der Waals surface area (Å²) in [7, 11) is 4.71. The summed E-state index contributed by atoms with van der Waals surface area (Å²) in [5.74, 6) is 1.20. The zero-order chi connectivity index (χ0) is 18.2. The molecule has 2 rings (SSSR count). The summed E-state index contributed by atoms with van der Waals surface area (Å²) >= 11 is 0. The quantitative estimate of drug-likeness (QED) is 0.766. The highest BCUT2D eigenvalue weighted by atomic mass is 16.5. The van der Waals surface area contributed by atoms with Gasteiger partial charge in [0.1, 0.15) is 11.5 Å². The number of nitrogens with one attached hydrogen (secondary N) is 1. The van der Waals surface area contributed by atoms with Gasteiger partial charge >= 0.3 is 0 Å². The van der Waals surface area contributed by atoms with Crippen LogP contribution in [-0.4, -0.2) is 51.6 Å². The molecule has 1 atom stereocenters. The molecule has 25 heavy (non-hydrogen) atoms. The molecule has 0 bridgehead atoms. The van der Waals surface area contributed by atoms with Crippen molar-refractivity contribution in [2.75, 3.05) is 34.5 Å². The van der Waals surface area contributed by atoms with Crippen LogP contribution in [0.25, 0.3) is 11.1 Å². The van der Waals surface area contributed by atoms with Crippen LogP contribution in [-0.2, 0) is 4.74 Å². The molecule has 0 fully saturated rings. The summed E-state index contributed by atoms with van der Waals surface area (Å²) in [5.41, 5.74) is 2.30. The van der Waals surface area contributed by atoms with Crippen LogP contribution in [0.3, 0.4) is 0 Å². The third kappa shape index (κ3) is 4.95. The van der Waals surface area contributed by atoms with Crippen molar-refractivity contribution in [2.45, 2.75) is 6.10 Å². The van der Waals surface area contributed by atoms with Crippen LogP contribution in [0.1, 0.15) is 10.4 Å². The molecule has 0 saturated carbocycles. The predicted octanol–water partition coefficient (Wildman–Crippen LogP) is 2.11. The van der Waals surface area contributed by atoms with Crippen molar-refractivity contribution >= 4 is 5.91 Å². The Morgan fingerprint density at radius 2 is 1.80 bits per heavy atom. The maximum absolute atomic E-state index is 12.1. The van der Waals surface area contributed by atoms with Gasteiger partial charge < -0.3 is 24.6 Å². The van der Waals surface area contributed by atoms with E-state index in [1.807, 2.05) is 30.3 Å². The number of benzene rings is 2. The fourth-order valence-corrected chi connectivity index (χ4v) is 2.40. The molecule has 0 unspecified atom stereocenters. The number of aliphatic hydroxyl groups is 1. The topological polar surface area (TPSA) is 77.0 Å². The second-order valence-electron chi connectivity index (χ2n) is 5.46.